The molecule has 1 heterocycles. The van der Waals surface area contributed by atoms with Crippen LogP contribution in [0.15, 0.2) is 34.2 Å². The number of benzene rings is 1. The zero-order valence-electron chi connectivity index (χ0n) is 15.0. The van der Waals surface area contributed by atoms with Gasteiger partial charge >= 0.3 is 0 Å². The minimum Gasteiger partial charge on any atom is -0.326 e. The molecule has 1 amide bonds. The third-order valence-corrected chi connectivity index (χ3v) is 6.39. The van der Waals surface area contributed by atoms with Crippen molar-refractivity contribution in [1.82, 2.24) is 4.72 Å². The van der Waals surface area contributed by atoms with Crippen molar-refractivity contribution < 1.29 is 13.2 Å². The summed E-state index contributed by atoms with van der Waals surface area (Å²) in [4.78, 5) is 16.9. The number of amidine groups is 1. The van der Waals surface area contributed by atoms with E-state index in [0.29, 0.717) is 24.5 Å². The number of anilines is 1. The van der Waals surface area contributed by atoms with Gasteiger partial charge in [0.2, 0.25) is 5.91 Å². The third-order valence-electron chi connectivity index (χ3n) is 5.01. The first-order chi connectivity index (χ1) is 12.5. The molecule has 1 saturated carbocycles. The molecule has 1 aliphatic carbocycles. The Morgan fingerprint density at radius 3 is 2.62 bits per heavy atom. The van der Waals surface area contributed by atoms with Crippen molar-refractivity contribution in [3.8, 4) is 0 Å². The van der Waals surface area contributed by atoms with E-state index in [1.165, 1.54) is 18.6 Å². The van der Waals surface area contributed by atoms with Crippen molar-refractivity contribution in [3.63, 3.8) is 0 Å². The van der Waals surface area contributed by atoms with Crippen LogP contribution in [0.5, 0.6) is 0 Å². The van der Waals surface area contributed by atoms with Crippen LogP contribution in [0.4, 0.5) is 5.69 Å². The third kappa shape index (κ3) is 5.06. The molecule has 1 fully saturated rings. The molecule has 1 aromatic rings. The first kappa shape index (κ1) is 18.9. The highest BCUT2D eigenvalue weighted by Crippen LogP contribution is 2.25. The van der Waals surface area contributed by atoms with E-state index in [0.717, 1.165) is 44.9 Å². The maximum atomic E-state index is 12.6. The van der Waals surface area contributed by atoms with Gasteiger partial charge < -0.3 is 5.32 Å². The van der Waals surface area contributed by atoms with E-state index >= 15 is 0 Å². The number of carbonyl (C=O) groups excluding carboxylic acids is 1. The van der Waals surface area contributed by atoms with Gasteiger partial charge in [-0.3, -0.25) is 14.5 Å². The Bertz CT molecular complexity index is 768. The monoisotopic (exact) mass is 377 g/mol. The molecule has 0 saturated heterocycles. The second-order valence-electron chi connectivity index (χ2n) is 7.10. The predicted molar refractivity (Wildman–Crippen MR) is 103 cm³/mol. The van der Waals surface area contributed by atoms with Crippen LogP contribution >= 0.6 is 0 Å². The molecular formula is C19H27N3O3S. The van der Waals surface area contributed by atoms with Gasteiger partial charge in [-0.15, -0.1) is 0 Å². The van der Waals surface area contributed by atoms with Crippen molar-refractivity contribution in [1.29, 1.82) is 0 Å². The zero-order chi connectivity index (χ0) is 18.4. The number of nitrogens with one attached hydrogen (secondary N) is 2. The highest BCUT2D eigenvalue weighted by atomic mass is 32.2. The van der Waals surface area contributed by atoms with Crippen molar-refractivity contribution in [2.45, 2.75) is 62.7 Å². The van der Waals surface area contributed by atoms with Gasteiger partial charge in [0, 0.05) is 24.6 Å². The summed E-state index contributed by atoms with van der Waals surface area (Å²) < 4.78 is 27.9. The SMILES string of the molecule is O=C(Nc1cccc(S(=O)(=O)NC2=NCCCCC2)c1)C1CCCCC1. The van der Waals surface area contributed by atoms with Crippen LogP contribution in [-0.4, -0.2) is 26.7 Å². The number of carbonyl (C=O) groups is 1. The smallest absolute Gasteiger partial charge is 0.262 e. The predicted octanol–water partition coefficient (Wildman–Crippen LogP) is 3.46. The molecule has 1 aromatic carbocycles. The average Bonchev–Trinajstić information content (AvgIpc) is 2.91. The van der Waals surface area contributed by atoms with Crippen LogP contribution in [0.25, 0.3) is 0 Å². The summed E-state index contributed by atoms with van der Waals surface area (Å²) >= 11 is 0. The fourth-order valence-corrected chi connectivity index (χ4v) is 4.66. The van der Waals surface area contributed by atoms with Gasteiger partial charge in [-0.05, 0) is 43.9 Å². The van der Waals surface area contributed by atoms with E-state index in [4.69, 9.17) is 0 Å². The largest absolute Gasteiger partial charge is 0.326 e. The van der Waals surface area contributed by atoms with Crippen LogP contribution in [0.3, 0.4) is 0 Å². The molecule has 1 aliphatic heterocycles. The summed E-state index contributed by atoms with van der Waals surface area (Å²) in [6.45, 7) is 0.662. The molecule has 2 aliphatic rings. The van der Waals surface area contributed by atoms with E-state index in [2.05, 4.69) is 15.0 Å². The minimum absolute atomic E-state index is 0.0136. The number of hydrogen-bond donors (Lipinski definition) is 2. The van der Waals surface area contributed by atoms with Crippen LogP contribution in [-0.2, 0) is 14.8 Å². The molecule has 0 unspecified atom stereocenters. The molecular weight excluding hydrogens is 350 g/mol. The molecule has 7 heteroatoms. The number of hydrogen-bond acceptors (Lipinski definition) is 4. The van der Waals surface area contributed by atoms with E-state index < -0.39 is 10.0 Å². The van der Waals surface area contributed by atoms with Crippen LogP contribution in [0.2, 0.25) is 0 Å². The molecule has 0 radical (unpaired) electrons. The molecule has 6 nitrogen and oxygen atoms in total. The summed E-state index contributed by atoms with van der Waals surface area (Å²) in [6, 6.07) is 6.43. The maximum absolute atomic E-state index is 12.6. The summed E-state index contributed by atoms with van der Waals surface area (Å²) in [5.41, 5.74) is 0.520. The Labute approximate surface area is 155 Å². The fraction of sp³-hybridized carbons (Fsp3) is 0.579. The Morgan fingerprint density at radius 2 is 1.81 bits per heavy atom. The lowest BCUT2D eigenvalue weighted by Gasteiger charge is -2.20. The van der Waals surface area contributed by atoms with Gasteiger partial charge in [-0.1, -0.05) is 31.7 Å². The van der Waals surface area contributed by atoms with Crippen molar-refractivity contribution in [2.24, 2.45) is 10.9 Å². The normalized spacial score (nSPS) is 19.3. The van der Waals surface area contributed by atoms with E-state index in [1.807, 2.05) is 0 Å². The zero-order valence-corrected chi connectivity index (χ0v) is 15.9. The van der Waals surface area contributed by atoms with E-state index in [1.54, 1.807) is 12.1 Å². The summed E-state index contributed by atoms with van der Waals surface area (Å²) in [6.07, 6.45) is 8.82. The van der Waals surface area contributed by atoms with Gasteiger partial charge in [0.15, 0.2) is 0 Å². The lowest BCUT2D eigenvalue weighted by Crippen LogP contribution is -2.30. The van der Waals surface area contributed by atoms with Crippen molar-refractivity contribution in [2.75, 3.05) is 11.9 Å². The number of sulfonamides is 1. The summed E-state index contributed by atoms with van der Waals surface area (Å²) in [5.74, 6) is 0.543. The first-order valence-electron chi connectivity index (χ1n) is 9.52. The lowest BCUT2D eigenvalue weighted by molar-refractivity contribution is -0.120. The summed E-state index contributed by atoms with van der Waals surface area (Å²) in [7, 11) is -3.69. The Morgan fingerprint density at radius 1 is 1.04 bits per heavy atom. The number of nitrogens with zero attached hydrogens (tertiary/aromatic N) is 1. The molecule has 3 rings (SSSR count). The molecule has 0 aromatic heterocycles. The second kappa shape index (κ2) is 8.66. The van der Waals surface area contributed by atoms with Crippen molar-refractivity contribution in [3.05, 3.63) is 24.3 Å². The quantitative estimate of drug-likeness (QED) is 0.842. The van der Waals surface area contributed by atoms with Crippen LogP contribution in [0.1, 0.15) is 57.8 Å². The average molecular weight is 378 g/mol. The second-order valence-corrected chi connectivity index (χ2v) is 8.78. The lowest BCUT2D eigenvalue weighted by atomic mass is 9.88. The van der Waals surface area contributed by atoms with E-state index in [9.17, 15) is 13.2 Å². The van der Waals surface area contributed by atoms with Crippen LogP contribution in [0, 0.1) is 5.92 Å². The van der Waals surface area contributed by atoms with Gasteiger partial charge in [-0.2, -0.15) is 0 Å². The molecule has 0 spiro atoms. The highest BCUT2D eigenvalue weighted by molar-refractivity contribution is 7.90. The molecule has 0 atom stereocenters. The maximum Gasteiger partial charge on any atom is 0.262 e. The Kier molecular flexibility index (Phi) is 6.29. The molecule has 142 valence electrons. The number of amides is 1. The fourth-order valence-electron chi connectivity index (χ4n) is 3.52. The number of aliphatic imine (C=N–C) groups is 1. The van der Waals surface area contributed by atoms with Gasteiger partial charge in [0.05, 0.1) is 4.90 Å². The Hall–Kier alpha value is -1.89. The Balaban J connectivity index is 1.69. The topological polar surface area (TPSA) is 87.6 Å². The standard InChI is InChI=1S/C19H27N3O3S/c23-19(15-8-3-1-4-9-15)21-16-10-7-11-17(14-16)26(24,25)22-18-12-5-2-6-13-20-18/h7,10-11,14-15H,1-6,8-9,12-13H2,(H,20,22)(H,21,23). The van der Waals surface area contributed by atoms with Gasteiger partial charge in [0.25, 0.3) is 10.0 Å². The summed E-state index contributed by atoms with van der Waals surface area (Å²) in [5, 5.41) is 2.88. The molecule has 2 N–H and O–H groups in total. The van der Waals surface area contributed by atoms with Gasteiger partial charge in [-0.25, -0.2) is 8.42 Å². The molecule has 26 heavy (non-hydrogen) atoms. The van der Waals surface area contributed by atoms with Gasteiger partial charge in [0.1, 0.15) is 5.84 Å². The minimum atomic E-state index is -3.69. The van der Waals surface area contributed by atoms with Crippen LogP contribution < -0.4 is 10.0 Å². The first-order valence-corrected chi connectivity index (χ1v) is 11.0. The molecule has 0 bridgehead atoms. The van der Waals surface area contributed by atoms with E-state index in [-0.39, 0.29) is 16.7 Å². The van der Waals surface area contributed by atoms with Crippen molar-refractivity contribution >= 4 is 27.5 Å². The highest BCUT2D eigenvalue weighted by Gasteiger charge is 2.22. The number of rotatable bonds is 4.